The van der Waals surface area contributed by atoms with Crippen LogP contribution in [0.2, 0.25) is 0 Å². The molecule has 0 saturated heterocycles. The van der Waals surface area contributed by atoms with Crippen LogP contribution in [0.3, 0.4) is 0 Å². The predicted molar refractivity (Wildman–Crippen MR) is 112 cm³/mol. The highest BCUT2D eigenvalue weighted by Crippen LogP contribution is 2.28. The van der Waals surface area contributed by atoms with Crippen molar-refractivity contribution < 1.29 is 9.59 Å². The van der Waals surface area contributed by atoms with Gasteiger partial charge < -0.3 is 4.90 Å². The minimum atomic E-state index is -0.279. The first-order valence-corrected chi connectivity index (χ1v) is 9.63. The molecule has 0 radical (unpaired) electrons. The number of thiazole rings is 1. The lowest BCUT2D eigenvalue weighted by atomic mass is 10.1. The number of aromatic nitrogens is 4. The molecule has 0 saturated carbocycles. The quantitative estimate of drug-likeness (QED) is 0.562. The van der Waals surface area contributed by atoms with E-state index in [1.54, 1.807) is 39.5 Å². The zero-order chi connectivity index (χ0) is 20.5. The summed E-state index contributed by atoms with van der Waals surface area (Å²) in [7, 11) is 5.15. The van der Waals surface area contributed by atoms with Gasteiger partial charge in [-0.25, -0.2) is 9.97 Å². The number of hydrogen-bond acceptors (Lipinski definition) is 6. The number of rotatable bonds is 4. The zero-order valence-electron chi connectivity index (χ0n) is 16.1. The predicted octanol–water partition coefficient (Wildman–Crippen LogP) is 3.05. The highest BCUT2D eigenvalue weighted by Gasteiger charge is 2.14. The van der Waals surface area contributed by atoms with Gasteiger partial charge in [0.05, 0.1) is 5.69 Å². The third-order valence-corrected chi connectivity index (χ3v) is 5.22. The number of amides is 2. The molecule has 0 bridgehead atoms. The minimum Gasteiger partial charge on any atom is -0.345 e. The number of nitrogens with one attached hydrogen (secondary N) is 1. The first-order valence-electron chi connectivity index (χ1n) is 8.81. The van der Waals surface area contributed by atoms with Gasteiger partial charge in [0.25, 0.3) is 11.8 Å². The number of carbonyl (C=O) groups is 2. The first kappa shape index (κ1) is 18.8. The molecule has 4 aromatic rings. The number of aryl methyl sites for hydroxylation is 1. The van der Waals surface area contributed by atoms with Gasteiger partial charge in [-0.3, -0.25) is 19.6 Å². The molecule has 9 heteroatoms. The molecular formula is C20H18N6O2S. The number of carbonyl (C=O) groups excluding carboxylic acids is 2. The molecule has 1 aromatic carbocycles. The lowest BCUT2D eigenvalue weighted by molar-refractivity contribution is 0.0827. The Morgan fingerprint density at radius 3 is 2.66 bits per heavy atom. The fraction of sp³-hybridized carbons (Fsp3) is 0.150. The summed E-state index contributed by atoms with van der Waals surface area (Å²) in [4.78, 5) is 35.9. The molecule has 0 fully saturated rings. The van der Waals surface area contributed by atoms with Crippen LogP contribution in [0.4, 0.5) is 5.13 Å². The van der Waals surface area contributed by atoms with Crippen LogP contribution in [0.1, 0.15) is 20.8 Å². The van der Waals surface area contributed by atoms with Crippen LogP contribution in [-0.2, 0) is 7.05 Å². The van der Waals surface area contributed by atoms with E-state index in [0.717, 1.165) is 11.3 Å². The SMILES string of the molecule is CN(C)C(=O)c1cccc(-c2ccc3nc(NC(=O)c4ccnn4C)sc3n2)c1. The van der Waals surface area contributed by atoms with Crippen molar-refractivity contribution in [2.24, 2.45) is 7.05 Å². The summed E-state index contributed by atoms with van der Waals surface area (Å²) in [6.07, 6.45) is 1.57. The summed E-state index contributed by atoms with van der Waals surface area (Å²) < 4.78 is 1.50. The molecule has 3 heterocycles. The Hall–Kier alpha value is -3.59. The van der Waals surface area contributed by atoms with Gasteiger partial charge in [-0.05, 0) is 30.3 Å². The molecule has 4 rings (SSSR count). The second-order valence-electron chi connectivity index (χ2n) is 6.61. The fourth-order valence-corrected chi connectivity index (χ4v) is 3.69. The average Bonchev–Trinajstić information content (AvgIpc) is 3.32. The Bertz CT molecular complexity index is 1230. The van der Waals surface area contributed by atoms with Crippen molar-refractivity contribution in [3.63, 3.8) is 0 Å². The molecule has 1 N–H and O–H groups in total. The summed E-state index contributed by atoms with van der Waals surface area (Å²) >= 11 is 1.29. The second kappa shape index (κ2) is 7.44. The van der Waals surface area contributed by atoms with E-state index < -0.39 is 0 Å². The molecule has 0 aliphatic heterocycles. The normalized spacial score (nSPS) is 10.9. The van der Waals surface area contributed by atoms with Crippen molar-refractivity contribution in [3.8, 4) is 11.3 Å². The largest absolute Gasteiger partial charge is 0.345 e. The molecular weight excluding hydrogens is 388 g/mol. The van der Waals surface area contributed by atoms with Gasteiger partial charge in [0.2, 0.25) is 0 Å². The van der Waals surface area contributed by atoms with Crippen LogP contribution in [0, 0.1) is 0 Å². The van der Waals surface area contributed by atoms with Crippen LogP contribution in [0.15, 0.2) is 48.7 Å². The molecule has 3 aromatic heterocycles. The van der Waals surface area contributed by atoms with E-state index >= 15 is 0 Å². The van der Waals surface area contributed by atoms with Crippen molar-refractivity contribution in [1.29, 1.82) is 0 Å². The Morgan fingerprint density at radius 1 is 1.10 bits per heavy atom. The topological polar surface area (TPSA) is 93.0 Å². The lowest BCUT2D eigenvalue weighted by Gasteiger charge is -2.11. The number of pyridine rings is 1. The molecule has 8 nitrogen and oxygen atoms in total. The average molecular weight is 406 g/mol. The highest BCUT2D eigenvalue weighted by atomic mass is 32.1. The molecule has 0 spiro atoms. The molecule has 2 amide bonds. The summed E-state index contributed by atoms with van der Waals surface area (Å²) in [6, 6.07) is 12.7. The number of anilines is 1. The van der Waals surface area contributed by atoms with Crippen molar-refractivity contribution in [3.05, 3.63) is 59.9 Å². The molecule has 0 aliphatic rings. The second-order valence-corrected chi connectivity index (χ2v) is 7.59. The Labute approximate surface area is 170 Å². The van der Waals surface area contributed by atoms with E-state index in [2.05, 4.69) is 20.4 Å². The van der Waals surface area contributed by atoms with Gasteiger partial charge in [-0.15, -0.1) is 0 Å². The highest BCUT2D eigenvalue weighted by molar-refractivity contribution is 7.22. The molecule has 29 heavy (non-hydrogen) atoms. The van der Waals surface area contributed by atoms with Gasteiger partial charge >= 0.3 is 0 Å². The maximum absolute atomic E-state index is 12.4. The monoisotopic (exact) mass is 406 g/mol. The van der Waals surface area contributed by atoms with E-state index in [1.807, 2.05) is 30.3 Å². The maximum atomic E-state index is 12.4. The van der Waals surface area contributed by atoms with Crippen molar-refractivity contribution in [1.82, 2.24) is 24.6 Å². The molecule has 0 unspecified atom stereocenters. The zero-order valence-corrected chi connectivity index (χ0v) is 16.9. The van der Waals surface area contributed by atoms with Gasteiger partial charge in [0, 0.05) is 38.5 Å². The van der Waals surface area contributed by atoms with E-state index in [0.29, 0.717) is 26.7 Å². The number of fused-ring (bicyclic) bond motifs is 1. The third kappa shape index (κ3) is 3.72. The molecule has 146 valence electrons. The van der Waals surface area contributed by atoms with Crippen molar-refractivity contribution in [2.75, 3.05) is 19.4 Å². The number of hydrogen-bond donors (Lipinski definition) is 1. The Morgan fingerprint density at radius 2 is 1.93 bits per heavy atom. The van der Waals surface area contributed by atoms with E-state index in [-0.39, 0.29) is 11.8 Å². The maximum Gasteiger partial charge on any atom is 0.275 e. The Balaban J connectivity index is 1.62. The van der Waals surface area contributed by atoms with Crippen LogP contribution in [0.25, 0.3) is 21.6 Å². The smallest absolute Gasteiger partial charge is 0.275 e. The lowest BCUT2D eigenvalue weighted by Crippen LogP contribution is -2.21. The molecule has 0 atom stereocenters. The van der Waals surface area contributed by atoms with Gasteiger partial charge in [-0.2, -0.15) is 5.10 Å². The fourth-order valence-electron chi connectivity index (χ4n) is 2.86. The van der Waals surface area contributed by atoms with Crippen molar-refractivity contribution >= 4 is 38.6 Å². The van der Waals surface area contributed by atoms with Gasteiger partial charge in [-0.1, -0.05) is 23.5 Å². The van der Waals surface area contributed by atoms with Gasteiger partial charge in [0.1, 0.15) is 16.0 Å². The summed E-state index contributed by atoms with van der Waals surface area (Å²) in [6.45, 7) is 0. The summed E-state index contributed by atoms with van der Waals surface area (Å²) in [5, 5.41) is 7.25. The first-order chi connectivity index (χ1) is 13.9. The summed E-state index contributed by atoms with van der Waals surface area (Å²) in [5.41, 5.74) is 3.32. The van der Waals surface area contributed by atoms with Crippen LogP contribution < -0.4 is 5.32 Å². The van der Waals surface area contributed by atoms with E-state index in [9.17, 15) is 9.59 Å². The van der Waals surface area contributed by atoms with Crippen molar-refractivity contribution in [2.45, 2.75) is 0 Å². The Kier molecular flexibility index (Phi) is 4.81. The number of benzene rings is 1. The van der Waals surface area contributed by atoms with Gasteiger partial charge in [0.15, 0.2) is 5.13 Å². The minimum absolute atomic E-state index is 0.0640. The molecule has 0 aliphatic carbocycles. The van der Waals surface area contributed by atoms with Crippen LogP contribution in [-0.4, -0.2) is 50.6 Å². The van der Waals surface area contributed by atoms with Crippen LogP contribution >= 0.6 is 11.3 Å². The van der Waals surface area contributed by atoms with Crippen LogP contribution in [0.5, 0.6) is 0 Å². The third-order valence-electron chi connectivity index (χ3n) is 4.34. The number of nitrogens with zero attached hydrogens (tertiary/aromatic N) is 5. The van der Waals surface area contributed by atoms with E-state index in [4.69, 9.17) is 0 Å². The standard InChI is InChI=1S/C20H18N6O2S/c1-25(2)19(28)13-6-4-5-12(11-13)14-7-8-15-18(22-14)29-20(23-15)24-17(27)16-9-10-21-26(16)3/h4-11H,1-3H3,(H,23,24,27). The summed E-state index contributed by atoms with van der Waals surface area (Å²) in [5.74, 6) is -0.343. The van der Waals surface area contributed by atoms with E-state index in [1.165, 1.54) is 20.9 Å².